The number of carbonyl (C=O) groups is 2. The van der Waals surface area contributed by atoms with Crippen LogP contribution in [0, 0.1) is 12.9 Å². The van der Waals surface area contributed by atoms with Gasteiger partial charge in [0.15, 0.2) is 5.69 Å². The Balaban J connectivity index is 1.95. The van der Waals surface area contributed by atoms with Crippen molar-refractivity contribution < 1.29 is 14.0 Å². The van der Waals surface area contributed by atoms with E-state index in [-0.39, 0.29) is 11.6 Å². The summed E-state index contributed by atoms with van der Waals surface area (Å²) in [4.78, 5) is 32.7. The molecule has 2 aromatic rings. The minimum atomic E-state index is -0.677. The molecule has 0 spiro atoms. The number of amides is 2. The number of likely N-dealkylation sites (N-methyl/N-ethyl adjacent to an activating group) is 1. The van der Waals surface area contributed by atoms with E-state index in [1.54, 1.807) is 24.2 Å². The van der Waals surface area contributed by atoms with Crippen LogP contribution in [0.1, 0.15) is 42.2 Å². The van der Waals surface area contributed by atoms with Crippen molar-refractivity contribution in [3.05, 3.63) is 35.5 Å². The van der Waals surface area contributed by atoms with Crippen LogP contribution >= 0.6 is 0 Å². The quantitative estimate of drug-likeness (QED) is 0.853. The van der Waals surface area contributed by atoms with Crippen LogP contribution in [0.15, 0.2) is 18.3 Å². The number of rotatable bonds is 4. The number of pyridine rings is 1. The van der Waals surface area contributed by atoms with E-state index in [2.05, 4.69) is 4.98 Å². The molecule has 3 heterocycles. The highest BCUT2D eigenvalue weighted by molar-refractivity contribution is 5.97. The van der Waals surface area contributed by atoms with Gasteiger partial charge >= 0.3 is 0 Å². The van der Waals surface area contributed by atoms with Gasteiger partial charge in [0.25, 0.3) is 5.91 Å². The van der Waals surface area contributed by atoms with Crippen LogP contribution in [0.25, 0.3) is 5.65 Å². The first kappa shape index (κ1) is 17.4. The monoisotopic (exact) mass is 346 g/mol. The topological polar surface area (TPSA) is 57.9 Å². The zero-order valence-electron chi connectivity index (χ0n) is 14.8. The number of carbonyl (C=O) groups excluding carboxylic acids is 2. The molecule has 0 radical (unpaired) electrons. The first-order valence-corrected chi connectivity index (χ1v) is 8.64. The van der Waals surface area contributed by atoms with Crippen molar-refractivity contribution in [3.8, 4) is 0 Å². The molecular formula is C18H23FN4O2. The van der Waals surface area contributed by atoms with Gasteiger partial charge in [-0.1, -0.05) is 25.8 Å². The molecule has 1 aliphatic heterocycles. The summed E-state index contributed by atoms with van der Waals surface area (Å²) < 4.78 is 16.0. The fourth-order valence-corrected chi connectivity index (χ4v) is 3.23. The van der Waals surface area contributed by atoms with E-state index < -0.39 is 17.9 Å². The summed E-state index contributed by atoms with van der Waals surface area (Å²) in [6.45, 7) is 4.72. The summed E-state index contributed by atoms with van der Waals surface area (Å²) in [5.41, 5.74) is 1.04. The van der Waals surface area contributed by atoms with Gasteiger partial charge in [-0.3, -0.25) is 14.0 Å². The minimum absolute atomic E-state index is 0.0898. The molecule has 0 bridgehead atoms. The van der Waals surface area contributed by atoms with E-state index in [4.69, 9.17) is 0 Å². The summed E-state index contributed by atoms with van der Waals surface area (Å²) >= 11 is 0. The first-order chi connectivity index (χ1) is 11.9. The lowest BCUT2D eigenvalue weighted by Gasteiger charge is -2.38. The molecule has 134 valence electrons. The van der Waals surface area contributed by atoms with Crippen LogP contribution in [0.4, 0.5) is 4.39 Å². The average Bonchev–Trinajstić information content (AvgIpc) is 2.92. The Morgan fingerprint density at radius 2 is 2.12 bits per heavy atom. The summed E-state index contributed by atoms with van der Waals surface area (Å²) in [5, 5.41) is 0. The Hall–Kier alpha value is -2.44. The maximum Gasteiger partial charge on any atom is 0.278 e. The predicted octanol–water partition coefficient (Wildman–Crippen LogP) is 2.25. The number of aryl methyl sites for hydroxylation is 1. The predicted molar refractivity (Wildman–Crippen MR) is 91.9 cm³/mol. The largest absolute Gasteiger partial charge is 0.342 e. The highest BCUT2D eigenvalue weighted by atomic mass is 19.1. The van der Waals surface area contributed by atoms with Gasteiger partial charge in [0.1, 0.15) is 11.7 Å². The van der Waals surface area contributed by atoms with Gasteiger partial charge in [-0.25, -0.2) is 4.98 Å². The molecule has 0 N–H and O–H groups in total. The van der Waals surface area contributed by atoms with E-state index >= 15 is 0 Å². The van der Waals surface area contributed by atoms with Crippen molar-refractivity contribution in [2.24, 2.45) is 0 Å². The number of imidazole rings is 1. The maximum absolute atomic E-state index is 14.7. The van der Waals surface area contributed by atoms with Crippen molar-refractivity contribution in [2.45, 2.75) is 39.2 Å². The minimum Gasteiger partial charge on any atom is -0.342 e. The molecule has 0 aliphatic carbocycles. The number of halogens is 1. The highest BCUT2D eigenvalue weighted by Gasteiger charge is 2.37. The molecule has 6 nitrogen and oxygen atoms in total. The molecule has 0 aromatic carbocycles. The van der Waals surface area contributed by atoms with Gasteiger partial charge in [0.05, 0.1) is 0 Å². The van der Waals surface area contributed by atoms with Crippen LogP contribution in [0.3, 0.4) is 0 Å². The Morgan fingerprint density at radius 1 is 1.36 bits per heavy atom. The summed E-state index contributed by atoms with van der Waals surface area (Å²) in [6.07, 6.45) is 3.95. The molecule has 2 aromatic heterocycles. The van der Waals surface area contributed by atoms with Crippen molar-refractivity contribution in [3.63, 3.8) is 0 Å². The van der Waals surface area contributed by atoms with Crippen LogP contribution in [0.5, 0.6) is 0 Å². The Morgan fingerprint density at radius 3 is 2.84 bits per heavy atom. The normalized spacial score (nSPS) is 18.2. The smallest absolute Gasteiger partial charge is 0.278 e. The Labute approximate surface area is 146 Å². The molecule has 1 saturated heterocycles. The number of piperazine rings is 1. The lowest BCUT2D eigenvalue weighted by Crippen LogP contribution is -2.57. The van der Waals surface area contributed by atoms with Gasteiger partial charge in [-0.05, 0) is 25.0 Å². The van der Waals surface area contributed by atoms with Crippen LogP contribution < -0.4 is 0 Å². The van der Waals surface area contributed by atoms with Crippen molar-refractivity contribution in [2.75, 3.05) is 20.1 Å². The highest BCUT2D eigenvalue weighted by Crippen LogP contribution is 2.21. The maximum atomic E-state index is 14.7. The molecule has 0 saturated carbocycles. The summed E-state index contributed by atoms with van der Waals surface area (Å²) in [6, 6.07) is 2.95. The zero-order valence-corrected chi connectivity index (χ0v) is 14.8. The van der Waals surface area contributed by atoms with Crippen molar-refractivity contribution in [1.82, 2.24) is 19.2 Å². The van der Waals surface area contributed by atoms with Crippen LogP contribution in [-0.4, -0.2) is 57.2 Å². The average molecular weight is 346 g/mol. The van der Waals surface area contributed by atoms with Gasteiger partial charge in [0, 0.05) is 26.3 Å². The van der Waals surface area contributed by atoms with Crippen LogP contribution in [-0.2, 0) is 4.79 Å². The number of fused-ring (bicyclic) bond motifs is 1. The molecule has 1 atom stereocenters. The number of hydrogen-bond acceptors (Lipinski definition) is 3. The van der Waals surface area contributed by atoms with Gasteiger partial charge in [-0.15, -0.1) is 0 Å². The van der Waals surface area contributed by atoms with Crippen molar-refractivity contribution in [1.29, 1.82) is 0 Å². The Bertz CT molecular complexity index is 817. The third kappa shape index (κ3) is 3.10. The van der Waals surface area contributed by atoms with E-state index in [0.29, 0.717) is 25.2 Å². The second-order valence-electron chi connectivity index (χ2n) is 6.60. The number of hydrogen-bond donors (Lipinski definition) is 0. The van der Waals surface area contributed by atoms with Crippen molar-refractivity contribution >= 4 is 17.5 Å². The standard InChI is InChI=1S/C18H23FN4O2/c1-4-5-6-13-17(24)21(3)9-10-22(13)18(25)15-16(19)23-11-12(2)7-8-14(23)20-15/h7-8,11,13H,4-6,9-10H2,1-3H3/t13-/m0/s1. The van der Waals surface area contributed by atoms with Gasteiger partial charge < -0.3 is 9.80 Å². The van der Waals surface area contributed by atoms with Crippen LogP contribution in [0.2, 0.25) is 0 Å². The van der Waals surface area contributed by atoms with E-state index in [1.165, 1.54) is 9.30 Å². The second-order valence-corrected chi connectivity index (χ2v) is 6.60. The number of nitrogens with zero attached hydrogens (tertiary/aromatic N) is 4. The molecule has 2 amide bonds. The fraction of sp³-hybridized carbons (Fsp3) is 0.500. The van der Waals surface area contributed by atoms with E-state index in [9.17, 15) is 14.0 Å². The molecule has 25 heavy (non-hydrogen) atoms. The summed E-state index contributed by atoms with van der Waals surface area (Å²) in [5.74, 6) is -1.28. The lowest BCUT2D eigenvalue weighted by atomic mass is 10.0. The van der Waals surface area contributed by atoms with Gasteiger partial charge in [0.2, 0.25) is 11.9 Å². The second kappa shape index (κ2) is 6.82. The SMILES string of the molecule is CCCC[C@H]1C(=O)N(C)CCN1C(=O)c1nc2ccc(C)cn2c1F. The lowest BCUT2D eigenvalue weighted by molar-refractivity contribution is -0.138. The van der Waals surface area contributed by atoms with Gasteiger partial charge in [-0.2, -0.15) is 4.39 Å². The third-order valence-electron chi connectivity index (χ3n) is 4.72. The molecule has 1 fully saturated rings. The first-order valence-electron chi connectivity index (χ1n) is 8.64. The Kier molecular flexibility index (Phi) is 4.74. The molecular weight excluding hydrogens is 323 g/mol. The zero-order chi connectivity index (χ0) is 18.1. The third-order valence-corrected chi connectivity index (χ3v) is 4.72. The summed E-state index contributed by atoms with van der Waals surface area (Å²) in [7, 11) is 1.73. The molecule has 1 aliphatic rings. The van der Waals surface area contributed by atoms with E-state index in [1.807, 2.05) is 19.9 Å². The molecule has 7 heteroatoms. The molecule has 0 unspecified atom stereocenters. The number of unbranched alkanes of at least 4 members (excludes halogenated alkanes) is 1. The molecule has 3 rings (SSSR count). The fourth-order valence-electron chi connectivity index (χ4n) is 3.23. The van der Waals surface area contributed by atoms with E-state index in [0.717, 1.165) is 18.4 Å². The number of aromatic nitrogens is 2.